The van der Waals surface area contributed by atoms with Gasteiger partial charge in [0.25, 0.3) is 0 Å². The summed E-state index contributed by atoms with van der Waals surface area (Å²) in [7, 11) is 0. The van der Waals surface area contributed by atoms with Gasteiger partial charge in [0.15, 0.2) is 0 Å². The van der Waals surface area contributed by atoms with Gasteiger partial charge in [-0.2, -0.15) is 0 Å². The summed E-state index contributed by atoms with van der Waals surface area (Å²) < 4.78 is 11.6. The molecule has 0 bridgehead atoms. The summed E-state index contributed by atoms with van der Waals surface area (Å²) in [6, 6.07) is 9.28. The minimum atomic E-state index is -0.307. The Morgan fingerprint density at radius 2 is 2.08 bits per heavy atom. The first-order chi connectivity index (χ1) is 5.83. The van der Waals surface area contributed by atoms with Crippen LogP contribution in [0.1, 0.15) is 0 Å². The highest BCUT2D eigenvalue weighted by atomic mass is 19.1. The molecule has 0 fully saturated rings. The van der Waals surface area contributed by atoms with Crippen LogP contribution < -0.4 is 5.32 Å². The van der Waals surface area contributed by atoms with Crippen LogP contribution in [-0.4, -0.2) is 11.7 Å². The van der Waals surface area contributed by atoms with E-state index in [0.29, 0.717) is 0 Å². The first-order valence-corrected chi connectivity index (χ1v) is 3.60. The topological polar surface area (TPSA) is 32.3 Å². The van der Waals surface area contributed by atoms with Crippen molar-refractivity contribution >= 4 is 5.69 Å². The molecular formula is C9H10FNO. The third-order valence-electron chi connectivity index (χ3n) is 1.37. The molecule has 0 aliphatic carbocycles. The van der Waals surface area contributed by atoms with E-state index in [1.54, 1.807) is 0 Å². The van der Waals surface area contributed by atoms with Crippen LogP contribution in [0.25, 0.3) is 0 Å². The summed E-state index contributed by atoms with van der Waals surface area (Å²) in [5, 5.41) is 11.6. The smallest absolute Gasteiger partial charge is 0.139 e. The Labute approximate surface area is 70.3 Å². The second-order valence-electron chi connectivity index (χ2n) is 2.32. The molecule has 0 aliphatic heterocycles. The summed E-state index contributed by atoms with van der Waals surface area (Å²) in [4.78, 5) is 0. The van der Waals surface area contributed by atoms with Gasteiger partial charge in [0.1, 0.15) is 12.1 Å². The van der Waals surface area contributed by atoms with Gasteiger partial charge in [-0.05, 0) is 12.1 Å². The van der Waals surface area contributed by atoms with E-state index in [1.807, 2.05) is 30.3 Å². The van der Waals surface area contributed by atoms with E-state index in [1.165, 1.54) is 0 Å². The molecule has 0 radical (unpaired) electrons. The van der Waals surface area contributed by atoms with E-state index in [-0.39, 0.29) is 18.6 Å². The van der Waals surface area contributed by atoms with Gasteiger partial charge >= 0.3 is 0 Å². The van der Waals surface area contributed by atoms with E-state index >= 15 is 0 Å². The monoisotopic (exact) mass is 167 g/mol. The van der Waals surface area contributed by atoms with Gasteiger partial charge < -0.3 is 10.4 Å². The third kappa shape index (κ3) is 2.62. The minimum Gasteiger partial charge on any atom is -0.508 e. The highest BCUT2D eigenvalue weighted by Gasteiger charge is 1.92. The van der Waals surface area contributed by atoms with Gasteiger partial charge in [-0.25, -0.2) is 4.39 Å². The molecule has 2 nitrogen and oxygen atoms in total. The van der Waals surface area contributed by atoms with Gasteiger partial charge in [0, 0.05) is 5.69 Å². The molecule has 0 spiro atoms. The zero-order valence-electron chi connectivity index (χ0n) is 6.50. The summed E-state index contributed by atoms with van der Waals surface area (Å²) in [5.74, 6) is -0.307. The lowest BCUT2D eigenvalue weighted by Crippen LogP contribution is -2.03. The quantitative estimate of drug-likeness (QED) is 0.678. The molecule has 0 heterocycles. The molecule has 2 N–H and O–H groups in total. The van der Waals surface area contributed by atoms with Crippen molar-refractivity contribution in [3.8, 4) is 0 Å². The number of aliphatic hydroxyl groups is 1. The first kappa shape index (κ1) is 8.59. The SMILES string of the molecule is OC(=CF)CNc1ccccc1. The van der Waals surface area contributed by atoms with Crippen LogP contribution in [0.2, 0.25) is 0 Å². The van der Waals surface area contributed by atoms with Gasteiger partial charge in [-0.3, -0.25) is 0 Å². The number of nitrogens with one attached hydrogen (secondary N) is 1. The van der Waals surface area contributed by atoms with Crippen molar-refractivity contribution in [1.82, 2.24) is 0 Å². The molecule has 1 aromatic carbocycles. The van der Waals surface area contributed by atoms with Crippen molar-refractivity contribution in [2.24, 2.45) is 0 Å². The van der Waals surface area contributed by atoms with Gasteiger partial charge in [0.2, 0.25) is 0 Å². The molecule has 1 rings (SSSR count). The van der Waals surface area contributed by atoms with Crippen molar-refractivity contribution in [2.75, 3.05) is 11.9 Å². The maximum absolute atomic E-state index is 11.6. The van der Waals surface area contributed by atoms with Gasteiger partial charge in [-0.1, -0.05) is 18.2 Å². The Morgan fingerprint density at radius 1 is 1.42 bits per heavy atom. The fourth-order valence-electron chi connectivity index (χ4n) is 0.787. The van der Waals surface area contributed by atoms with Crippen LogP contribution >= 0.6 is 0 Å². The Balaban J connectivity index is 2.44. The Hall–Kier alpha value is -1.51. The predicted molar refractivity (Wildman–Crippen MR) is 46.8 cm³/mol. The van der Waals surface area contributed by atoms with Crippen molar-refractivity contribution in [3.05, 3.63) is 42.4 Å². The van der Waals surface area contributed by atoms with E-state index in [4.69, 9.17) is 5.11 Å². The van der Waals surface area contributed by atoms with Crippen LogP contribution in [0.15, 0.2) is 42.4 Å². The molecule has 0 saturated carbocycles. The van der Waals surface area contributed by atoms with Crippen molar-refractivity contribution in [3.63, 3.8) is 0 Å². The Kier molecular flexibility index (Phi) is 3.14. The number of anilines is 1. The number of benzene rings is 1. The van der Waals surface area contributed by atoms with E-state index in [0.717, 1.165) is 5.69 Å². The van der Waals surface area contributed by atoms with Crippen molar-refractivity contribution in [2.45, 2.75) is 0 Å². The summed E-state index contributed by atoms with van der Waals surface area (Å²) in [5.41, 5.74) is 0.853. The number of rotatable bonds is 3. The van der Waals surface area contributed by atoms with Crippen LogP contribution in [0.3, 0.4) is 0 Å². The highest BCUT2D eigenvalue weighted by Crippen LogP contribution is 2.05. The standard InChI is InChI=1S/C9H10FNO/c10-6-9(12)7-11-8-4-2-1-3-5-8/h1-6,11-12H,7H2. The molecule has 12 heavy (non-hydrogen) atoms. The predicted octanol–water partition coefficient (Wildman–Crippen LogP) is 2.47. The maximum Gasteiger partial charge on any atom is 0.139 e. The van der Waals surface area contributed by atoms with E-state index in [2.05, 4.69) is 5.32 Å². The molecule has 1 aromatic rings. The molecule has 0 unspecified atom stereocenters. The normalized spacial score (nSPS) is 11.2. The highest BCUT2D eigenvalue weighted by molar-refractivity contribution is 5.43. The largest absolute Gasteiger partial charge is 0.508 e. The second kappa shape index (κ2) is 4.38. The minimum absolute atomic E-state index is 0.112. The number of hydrogen-bond acceptors (Lipinski definition) is 2. The van der Waals surface area contributed by atoms with Crippen LogP contribution in [-0.2, 0) is 0 Å². The molecule has 3 heteroatoms. The van der Waals surface area contributed by atoms with Crippen LogP contribution in [0.5, 0.6) is 0 Å². The number of aliphatic hydroxyl groups excluding tert-OH is 1. The first-order valence-electron chi connectivity index (χ1n) is 3.60. The van der Waals surface area contributed by atoms with Gasteiger partial charge in [0.05, 0.1) is 6.54 Å². The Bertz CT molecular complexity index is 258. The molecule has 0 saturated heterocycles. The molecule has 0 atom stereocenters. The third-order valence-corrected chi connectivity index (χ3v) is 1.37. The zero-order valence-corrected chi connectivity index (χ0v) is 6.50. The average Bonchev–Trinajstić information content (AvgIpc) is 2.16. The fraction of sp³-hybridized carbons (Fsp3) is 0.111. The molecule has 0 aliphatic rings. The number of para-hydroxylation sites is 1. The summed E-state index contributed by atoms with van der Waals surface area (Å²) >= 11 is 0. The van der Waals surface area contributed by atoms with Crippen LogP contribution in [0, 0.1) is 0 Å². The number of hydrogen-bond donors (Lipinski definition) is 2. The summed E-state index contributed by atoms with van der Waals surface area (Å²) in [6.07, 6.45) is 0.177. The van der Waals surface area contributed by atoms with Gasteiger partial charge in [-0.15, -0.1) is 0 Å². The lowest BCUT2D eigenvalue weighted by molar-refractivity contribution is 0.392. The van der Waals surface area contributed by atoms with Crippen LogP contribution in [0.4, 0.5) is 10.1 Å². The number of halogens is 1. The van der Waals surface area contributed by atoms with E-state index in [9.17, 15) is 4.39 Å². The second-order valence-corrected chi connectivity index (χ2v) is 2.32. The summed E-state index contributed by atoms with van der Waals surface area (Å²) in [6.45, 7) is 0.112. The fourth-order valence-corrected chi connectivity index (χ4v) is 0.787. The van der Waals surface area contributed by atoms with E-state index < -0.39 is 0 Å². The zero-order chi connectivity index (χ0) is 8.81. The molecule has 0 aromatic heterocycles. The van der Waals surface area contributed by atoms with Crippen molar-refractivity contribution < 1.29 is 9.50 Å². The lowest BCUT2D eigenvalue weighted by Gasteiger charge is -2.03. The Morgan fingerprint density at radius 3 is 2.67 bits per heavy atom. The molecule has 0 amide bonds. The van der Waals surface area contributed by atoms with Crippen molar-refractivity contribution in [1.29, 1.82) is 0 Å². The average molecular weight is 167 g/mol. The molecular weight excluding hydrogens is 157 g/mol. The maximum atomic E-state index is 11.6. The lowest BCUT2D eigenvalue weighted by atomic mass is 10.3. The molecule has 64 valence electrons.